The van der Waals surface area contributed by atoms with Gasteiger partial charge in [-0.3, -0.25) is 4.79 Å². The van der Waals surface area contributed by atoms with Gasteiger partial charge in [0.05, 0.1) is 20.8 Å². The molecule has 2 rings (SSSR count). The van der Waals surface area contributed by atoms with E-state index in [4.69, 9.17) is 14.2 Å². The van der Waals surface area contributed by atoms with E-state index in [2.05, 4.69) is 5.32 Å². The molecule has 0 saturated heterocycles. The average Bonchev–Trinajstić information content (AvgIpc) is 2.71. The monoisotopic (exact) mass is 371 g/mol. The highest BCUT2D eigenvalue weighted by Gasteiger charge is 2.23. The molecular weight excluding hydrogens is 346 g/mol. The number of methoxy groups -OCH3 is 2. The van der Waals surface area contributed by atoms with Crippen LogP contribution in [-0.4, -0.2) is 32.7 Å². The molecule has 0 spiro atoms. The summed E-state index contributed by atoms with van der Waals surface area (Å²) < 4.78 is 15.6. The number of esters is 1. The van der Waals surface area contributed by atoms with Gasteiger partial charge in [-0.1, -0.05) is 36.4 Å². The quantitative estimate of drug-likeness (QED) is 0.686. The van der Waals surface area contributed by atoms with Gasteiger partial charge < -0.3 is 19.5 Å². The zero-order chi connectivity index (χ0) is 19.6. The van der Waals surface area contributed by atoms with Gasteiger partial charge in [-0.15, -0.1) is 0 Å². The standard InChI is InChI=1S/C21H25NO5/c1-4-27-17-12-10-15(14-18(17)25-2)11-13-19(23)22-20(21(24)26-3)16-8-6-5-7-9-16/h5-10,12,14,20H,4,11,13H2,1-3H3,(H,22,23). The summed E-state index contributed by atoms with van der Waals surface area (Å²) in [5.41, 5.74) is 1.63. The number of nitrogens with one attached hydrogen (secondary N) is 1. The van der Waals surface area contributed by atoms with Crippen LogP contribution < -0.4 is 14.8 Å². The van der Waals surface area contributed by atoms with Crippen LogP contribution in [0.1, 0.15) is 30.5 Å². The molecule has 0 heterocycles. The largest absolute Gasteiger partial charge is 0.493 e. The Morgan fingerprint density at radius 2 is 1.78 bits per heavy atom. The minimum absolute atomic E-state index is 0.234. The first-order valence-corrected chi connectivity index (χ1v) is 8.80. The minimum atomic E-state index is -0.821. The fraction of sp³-hybridized carbons (Fsp3) is 0.333. The minimum Gasteiger partial charge on any atom is -0.493 e. The first-order valence-electron chi connectivity index (χ1n) is 8.80. The summed E-state index contributed by atoms with van der Waals surface area (Å²) in [7, 11) is 2.88. The Bertz CT molecular complexity index is 760. The predicted molar refractivity (Wildman–Crippen MR) is 102 cm³/mol. The molecule has 1 amide bonds. The molecule has 1 N–H and O–H groups in total. The number of benzene rings is 2. The van der Waals surface area contributed by atoms with Crippen molar-refractivity contribution in [2.45, 2.75) is 25.8 Å². The smallest absolute Gasteiger partial charge is 0.333 e. The van der Waals surface area contributed by atoms with E-state index in [0.29, 0.717) is 30.1 Å². The number of amides is 1. The van der Waals surface area contributed by atoms with Crippen molar-refractivity contribution < 1.29 is 23.8 Å². The van der Waals surface area contributed by atoms with Gasteiger partial charge in [0.2, 0.25) is 5.91 Å². The predicted octanol–water partition coefficient (Wildman–Crippen LogP) is 3.06. The van der Waals surface area contributed by atoms with E-state index in [1.54, 1.807) is 19.2 Å². The number of carbonyl (C=O) groups excluding carboxylic acids is 2. The molecule has 2 aromatic rings. The van der Waals surface area contributed by atoms with Crippen LogP contribution in [0.2, 0.25) is 0 Å². The van der Waals surface area contributed by atoms with Crippen LogP contribution in [0.4, 0.5) is 0 Å². The van der Waals surface area contributed by atoms with Gasteiger partial charge in [-0.2, -0.15) is 0 Å². The van der Waals surface area contributed by atoms with Gasteiger partial charge in [0, 0.05) is 6.42 Å². The van der Waals surface area contributed by atoms with Gasteiger partial charge in [0.25, 0.3) is 0 Å². The second-order valence-electron chi connectivity index (χ2n) is 5.85. The number of carbonyl (C=O) groups is 2. The molecule has 0 aliphatic heterocycles. The highest BCUT2D eigenvalue weighted by Crippen LogP contribution is 2.28. The van der Waals surface area contributed by atoms with Crippen molar-refractivity contribution in [3.05, 3.63) is 59.7 Å². The van der Waals surface area contributed by atoms with Gasteiger partial charge >= 0.3 is 5.97 Å². The van der Waals surface area contributed by atoms with E-state index < -0.39 is 12.0 Å². The summed E-state index contributed by atoms with van der Waals surface area (Å²) in [4.78, 5) is 24.4. The highest BCUT2D eigenvalue weighted by atomic mass is 16.5. The van der Waals surface area contributed by atoms with Gasteiger partial charge in [0.15, 0.2) is 17.5 Å². The molecule has 0 bridgehead atoms. The van der Waals surface area contributed by atoms with Gasteiger partial charge in [-0.25, -0.2) is 4.79 Å². The van der Waals surface area contributed by atoms with Crippen molar-refractivity contribution >= 4 is 11.9 Å². The van der Waals surface area contributed by atoms with Crippen molar-refractivity contribution in [2.24, 2.45) is 0 Å². The van der Waals surface area contributed by atoms with E-state index in [-0.39, 0.29) is 12.3 Å². The maximum absolute atomic E-state index is 12.4. The number of hydrogen-bond acceptors (Lipinski definition) is 5. The fourth-order valence-corrected chi connectivity index (χ4v) is 2.67. The Kier molecular flexibility index (Phi) is 7.67. The van der Waals surface area contributed by atoms with Crippen LogP contribution in [0.3, 0.4) is 0 Å². The van der Waals surface area contributed by atoms with Crippen LogP contribution in [0.15, 0.2) is 48.5 Å². The Labute approximate surface area is 159 Å². The van der Waals surface area contributed by atoms with Crippen LogP contribution in [0, 0.1) is 0 Å². The molecule has 144 valence electrons. The average molecular weight is 371 g/mol. The lowest BCUT2D eigenvalue weighted by Gasteiger charge is -2.17. The molecule has 0 radical (unpaired) electrons. The van der Waals surface area contributed by atoms with Crippen LogP contribution in [0.25, 0.3) is 0 Å². The van der Waals surface area contributed by atoms with Crippen LogP contribution in [-0.2, 0) is 20.7 Å². The topological polar surface area (TPSA) is 73.9 Å². The molecular formula is C21H25NO5. The molecule has 6 heteroatoms. The normalized spacial score (nSPS) is 11.4. The second-order valence-corrected chi connectivity index (χ2v) is 5.85. The first kappa shape index (κ1) is 20.3. The summed E-state index contributed by atoms with van der Waals surface area (Å²) in [6.07, 6.45) is 0.745. The lowest BCUT2D eigenvalue weighted by atomic mass is 10.1. The van der Waals surface area contributed by atoms with E-state index >= 15 is 0 Å². The molecule has 1 atom stereocenters. The SMILES string of the molecule is CCOc1ccc(CCC(=O)NC(C(=O)OC)c2ccccc2)cc1OC. The number of ether oxygens (including phenoxy) is 3. The fourth-order valence-electron chi connectivity index (χ4n) is 2.67. The molecule has 2 aromatic carbocycles. The molecule has 1 unspecified atom stereocenters. The van der Waals surface area contributed by atoms with E-state index in [9.17, 15) is 9.59 Å². The maximum Gasteiger partial charge on any atom is 0.333 e. The summed E-state index contributed by atoms with van der Waals surface area (Å²) in [5.74, 6) is 0.564. The molecule has 0 aliphatic rings. The molecule has 0 saturated carbocycles. The molecule has 6 nitrogen and oxygen atoms in total. The van der Waals surface area contributed by atoms with Crippen molar-refractivity contribution in [1.29, 1.82) is 0 Å². The molecule has 0 fully saturated rings. The maximum atomic E-state index is 12.4. The van der Waals surface area contributed by atoms with Gasteiger partial charge in [0.1, 0.15) is 0 Å². The third-order valence-electron chi connectivity index (χ3n) is 4.04. The molecule has 0 aliphatic carbocycles. The Morgan fingerprint density at radius 3 is 2.41 bits per heavy atom. The lowest BCUT2D eigenvalue weighted by Crippen LogP contribution is -2.34. The summed E-state index contributed by atoms with van der Waals surface area (Å²) >= 11 is 0. The van der Waals surface area contributed by atoms with Crippen LogP contribution >= 0.6 is 0 Å². The highest BCUT2D eigenvalue weighted by molar-refractivity contribution is 5.85. The van der Waals surface area contributed by atoms with Crippen molar-refractivity contribution in [1.82, 2.24) is 5.32 Å². The lowest BCUT2D eigenvalue weighted by molar-refractivity contribution is -0.145. The zero-order valence-corrected chi connectivity index (χ0v) is 15.9. The molecule has 27 heavy (non-hydrogen) atoms. The Hall–Kier alpha value is -3.02. The summed E-state index contributed by atoms with van der Waals surface area (Å²) in [6.45, 7) is 2.45. The van der Waals surface area contributed by atoms with E-state index in [1.165, 1.54) is 7.11 Å². The summed E-state index contributed by atoms with van der Waals surface area (Å²) in [5, 5.41) is 2.75. The van der Waals surface area contributed by atoms with Crippen molar-refractivity contribution in [3.8, 4) is 11.5 Å². The van der Waals surface area contributed by atoms with E-state index in [1.807, 2.05) is 43.3 Å². The van der Waals surface area contributed by atoms with Crippen molar-refractivity contribution in [2.75, 3.05) is 20.8 Å². The van der Waals surface area contributed by atoms with Crippen molar-refractivity contribution in [3.63, 3.8) is 0 Å². The second kappa shape index (κ2) is 10.2. The van der Waals surface area contributed by atoms with Crippen LogP contribution in [0.5, 0.6) is 11.5 Å². The third-order valence-corrected chi connectivity index (χ3v) is 4.04. The van der Waals surface area contributed by atoms with E-state index in [0.717, 1.165) is 5.56 Å². The third kappa shape index (κ3) is 5.74. The summed E-state index contributed by atoms with van der Waals surface area (Å²) in [6, 6.07) is 13.8. The Balaban J connectivity index is 2.01. The zero-order valence-electron chi connectivity index (χ0n) is 15.9. The number of hydrogen-bond donors (Lipinski definition) is 1. The Morgan fingerprint density at radius 1 is 1.04 bits per heavy atom. The van der Waals surface area contributed by atoms with Gasteiger partial charge in [-0.05, 0) is 36.6 Å². The number of aryl methyl sites for hydroxylation is 1. The first-order chi connectivity index (χ1) is 13.1. The number of rotatable bonds is 9. The molecule has 0 aromatic heterocycles.